The van der Waals surface area contributed by atoms with Crippen molar-refractivity contribution in [2.75, 3.05) is 0 Å². The van der Waals surface area contributed by atoms with Gasteiger partial charge in [0.1, 0.15) is 0 Å². The molecule has 1 aromatic heterocycles. The van der Waals surface area contributed by atoms with E-state index < -0.39 is 0 Å². The van der Waals surface area contributed by atoms with Crippen LogP contribution in [0.2, 0.25) is 0 Å². The third-order valence-electron chi connectivity index (χ3n) is 3.35. The highest BCUT2D eigenvalue weighted by Gasteiger charge is 2.14. The average molecular weight is 275 g/mol. The Morgan fingerprint density at radius 3 is 2.53 bits per heavy atom. The summed E-state index contributed by atoms with van der Waals surface area (Å²) in [5.74, 6) is 0.737. The van der Waals surface area contributed by atoms with Crippen molar-refractivity contribution in [2.45, 2.75) is 52.6 Å². The molecular formula is C17H25NS. The molecule has 0 saturated heterocycles. The molecule has 1 N–H and O–H groups in total. The molecule has 0 radical (unpaired) electrons. The molecule has 2 rings (SSSR count). The van der Waals surface area contributed by atoms with E-state index >= 15 is 0 Å². The summed E-state index contributed by atoms with van der Waals surface area (Å²) in [6.07, 6.45) is 2.38. The van der Waals surface area contributed by atoms with Gasteiger partial charge in [-0.2, -0.15) is 0 Å². The monoisotopic (exact) mass is 275 g/mol. The Labute approximate surface area is 121 Å². The largest absolute Gasteiger partial charge is 0.311 e. The molecule has 19 heavy (non-hydrogen) atoms. The third kappa shape index (κ3) is 4.05. The Bertz CT molecular complexity index is 503. The van der Waals surface area contributed by atoms with E-state index in [1.807, 2.05) is 11.3 Å². The Kier molecular flexibility index (Phi) is 5.00. The van der Waals surface area contributed by atoms with E-state index in [1.165, 1.54) is 22.1 Å². The van der Waals surface area contributed by atoms with Crippen LogP contribution in [0.1, 0.15) is 39.7 Å². The molecule has 0 fully saturated rings. The van der Waals surface area contributed by atoms with Crippen molar-refractivity contribution in [1.29, 1.82) is 0 Å². The molecule has 0 aliphatic carbocycles. The second-order valence-corrected chi connectivity index (χ2v) is 7.02. The summed E-state index contributed by atoms with van der Waals surface area (Å²) in [4.78, 5) is 0. The van der Waals surface area contributed by atoms with Gasteiger partial charge in [-0.25, -0.2) is 0 Å². The van der Waals surface area contributed by atoms with Gasteiger partial charge in [-0.1, -0.05) is 45.9 Å². The molecule has 1 aromatic carbocycles. The Morgan fingerprint density at radius 1 is 1.11 bits per heavy atom. The second-order valence-electron chi connectivity index (χ2n) is 6.11. The minimum Gasteiger partial charge on any atom is -0.311 e. The zero-order valence-corrected chi connectivity index (χ0v) is 13.3. The normalized spacial score (nSPS) is 13.6. The van der Waals surface area contributed by atoms with Gasteiger partial charge in [0.2, 0.25) is 0 Å². The number of fused-ring (bicyclic) bond motifs is 1. The van der Waals surface area contributed by atoms with Crippen LogP contribution in [0.5, 0.6) is 0 Å². The summed E-state index contributed by atoms with van der Waals surface area (Å²) in [7, 11) is 0. The topological polar surface area (TPSA) is 12.0 Å². The van der Waals surface area contributed by atoms with Gasteiger partial charge in [0.05, 0.1) is 0 Å². The fourth-order valence-corrected chi connectivity index (χ4v) is 3.68. The number of hydrogen-bond donors (Lipinski definition) is 1. The van der Waals surface area contributed by atoms with Gasteiger partial charge in [0, 0.05) is 16.8 Å². The van der Waals surface area contributed by atoms with Crippen LogP contribution in [-0.4, -0.2) is 12.1 Å². The zero-order chi connectivity index (χ0) is 13.8. The van der Waals surface area contributed by atoms with E-state index in [9.17, 15) is 0 Å². The van der Waals surface area contributed by atoms with Crippen LogP contribution in [0.25, 0.3) is 10.1 Å². The lowest BCUT2D eigenvalue weighted by Gasteiger charge is -2.23. The molecular weight excluding hydrogens is 250 g/mol. The maximum atomic E-state index is 3.72. The van der Waals surface area contributed by atoms with Crippen molar-refractivity contribution in [3.8, 4) is 0 Å². The lowest BCUT2D eigenvalue weighted by Crippen LogP contribution is -2.37. The fraction of sp³-hybridized carbons (Fsp3) is 0.529. The summed E-state index contributed by atoms with van der Waals surface area (Å²) in [6, 6.07) is 9.87. The van der Waals surface area contributed by atoms with Crippen molar-refractivity contribution in [2.24, 2.45) is 5.92 Å². The molecule has 0 aliphatic heterocycles. The number of benzene rings is 1. The van der Waals surface area contributed by atoms with Gasteiger partial charge in [-0.05, 0) is 41.2 Å². The molecule has 0 amide bonds. The Balaban J connectivity index is 2.15. The summed E-state index contributed by atoms with van der Waals surface area (Å²) < 4.78 is 1.41. The van der Waals surface area contributed by atoms with Crippen LogP contribution in [0.3, 0.4) is 0 Å². The highest BCUT2D eigenvalue weighted by Crippen LogP contribution is 2.27. The van der Waals surface area contributed by atoms with E-state index in [4.69, 9.17) is 0 Å². The lowest BCUT2D eigenvalue weighted by atomic mass is 9.96. The van der Waals surface area contributed by atoms with Gasteiger partial charge in [-0.3, -0.25) is 0 Å². The molecule has 2 heteroatoms. The van der Waals surface area contributed by atoms with Crippen molar-refractivity contribution in [1.82, 2.24) is 5.32 Å². The minimum absolute atomic E-state index is 0.550. The molecule has 1 heterocycles. The van der Waals surface area contributed by atoms with Gasteiger partial charge in [-0.15, -0.1) is 11.3 Å². The van der Waals surface area contributed by atoms with Crippen LogP contribution in [0, 0.1) is 5.92 Å². The van der Waals surface area contributed by atoms with Crippen molar-refractivity contribution in [3.05, 3.63) is 35.2 Å². The smallest absolute Gasteiger partial charge is 0.0345 e. The van der Waals surface area contributed by atoms with Gasteiger partial charge >= 0.3 is 0 Å². The maximum Gasteiger partial charge on any atom is 0.0345 e. The first-order chi connectivity index (χ1) is 9.06. The Morgan fingerprint density at radius 2 is 1.84 bits per heavy atom. The summed E-state index contributed by atoms with van der Waals surface area (Å²) >= 11 is 1.87. The average Bonchev–Trinajstić information content (AvgIpc) is 2.71. The van der Waals surface area contributed by atoms with E-state index in [0.29, 0.717) is 12.1 Å². The molecule has 1 atom stereocenters. The van der Waals surface area contributed by atoms with Crippen molar-refractivity contribution in [3.63, 3.8) is 0 Å². The fourth-order valence-electron chi connectivity index (χ4n) is 2.71. The van der Waals surface area contributed by atoms with E-state index in [-0.39, 0.29) is 0 Å². The number of nitrogens with one attached hydrogen (secondary N) is 1. The molecule has 0 spiro atoms. The molecule has 0 unspecified atom stereocenters. The molecule has 0 saturated carbocycles. The Hall–Kier alpha value is -0.860. The SMILES string of the molecule is CC(C)C[C@H](Cc1csc2ccccc12)NC(C)C. The molecule has 104 valence electrons. The van der Waals surface area contributed by atoms with Crippen LogP contribution >= 0.6 is 11.3 Å². The van der Waals surface area contributed by atoms with Gasteiger partial charge in [0.25, 0.3) is 0 Å². The van der Waals surface area contributed by atoms with Crippen molar-refractivity contribution < 1.29 is 0 Å². The van der Waals surface area contributed by atoms with Crippen molar-refractivity contribution >= 4 is 21.4 Å². The molecule has 0 aliphatic rings. The van der Waals surface area contributed by atoms with Crippen LogP contribution in [0.4, 0.5) is 0 Å². The maximum absolute atomic E-state index is 3.72. The molecule has 0 bridgehead atoms. The second kappa shape index (κ2) is 6.53. The molecule has 2 aromatic rings. The summed E-state index contributed by atoms with van der Waals surface area (Å²) in [6.45, 7) is 9.08. The summed E-state index contributed by atoms with van der Waals surface area (Å²) in [5, 5.41) is 7.49. The van der Waals surface area contributed by atoms with Gasteiger partial charge in [0.15, 0.2) is 0 Å². The molecule has 1 nitrogen and oxygen atoms in total. The number of thiophene rings is 1. The van der Waals surface area contributed by atoms with Crippen LogP contribution in [-0.2, 0) is 6.42 Å². The first-order valence-corrected chi connectivity index (χ1v) is 8.15. The first-order valence-electron chi connectivity index (χ1n) is 7.27. The van der Waals surface area contributed by atoms with E-state index in [0.717, 1.165) is 12.3 Å². The lowest BCUT2D eigenvalue weighted by molar-refractivity contribution is 0.389. The third-order valence-corrected chi connectivity index (χ3v) is 4.36. The van der Waals surface area contributed by atoms with E-state index in [2.05, 4.69) is 62.7 Å². The number of rotatable bonds is 6. The highest BCUT2D eigenvalue weighted by molar-refractivity contribution is 7.17. The quantitative estimate of drug-likeness (QED) is 0.794. The zero-order valence-electron chi connectivity index (χ0n) is 12.4. The van der Waals surface area contributed by atoms with Crippen LogP contribution < -0.4 is 5.32 Å². The standard InChI is InChI=1S/C17H25NS/c1-12(2)9-15(18-13(3)4)10-14-11-19-17-8-6-5-7-16(14)17/h5-8,11-13,15,18H,9-10H2,1-4H3/t15-/m1/s1. The van der Waals surface area contributed by atoms with Crippen LogP contribution in [0.15, 0.2) is 29.6 Å². The van der Waals surface area contributed by atoms with E-state index in [1.54, 1.807) is 0 Å². The number of hydrogen-bond acceptors (Lipinski definition) is 2. The first kappa shape index (κ1) is 14.5. The highest BCUT2D eigenvalue weighted by atomic mass is 32.1. The van der Waals surface area contributed by atoms with Gasteiger partial charge < -0.3 is 5.32 Å². The summed E-state index contributed by atoms with van der Waals surface area (Å²) in [5.41, 5.74) is 1.50. The predicted octanol–water partition coefficient (Wildman–Crippen LogP) is 4.86. The predicted molar refractivity (Wildman–Crippen MR) is 87.0 cm³/mol. The minimum atomic E-state index is 0.550.